The van der Waals surface area contributed by atoms with Gasteiger partial charge in [0.05, 0.1) is 19.3 Å². The Hall–Kier alpha value is -1.56. The number of carbonyl (C=O) groups is 1. The number of halogens is 1. The van der Waals surface area contributed by atoms with Crippen molar-refractivity contribution in [3.63, 3.8) is 0 Å². The molecule has 128 valence electrons. The summed E-state index contributed by atoms with van der Waals surface area (Å²) < 4.78 is 5.32. The molecule has 0 radical (unpaired) electrons. The van der Waals surface area contributed by atoms with Gasteiger partial charge in [0.25, 0.3) is 0 Å². The van der Waals surface area contributed by atoms with Crippen molar-refractivity contribution < 1.29 is 9.53 Å². The van der Waals surface area contributed by atoms with Crippen LogP contribution in [0.3, 0.4) is 0 Å². The minimum atomic E-state index is -0.0412. The van der Waals surface area contributed by atoms with Crippen LogP contribution in [0.25, 0.3) is 0 Å². The number of methoxy groups -OCH3 is 1. The highest BCUT2D eigenvalue weighted by molar-refractivity contribution is 7.10. The lowest BCUT2D eigenvalue weighted by molar-refractivity contribution is -0.117. The number of anilines is 1. The summed E-state index contributed by atoms with van der Waals surface area (Å²) in [6.45, 7) is 5.33. The van der Waals surface area contributed by atoms with Crippen molar-refractivity contribution >= 4 is 34.5 Å². The van der Waals surface area contributed by atoms with E-state index in [0.29, 0.717) is 23.0 Å². The molecule has 0 saturated carbocycles. The SMILES string of the molecule is COc1cc(Cl)c(C)cc1NC(=O)CN1CCc2sccc2[C@@H]1C. The first-order valence-corrected chi connectivity index (χ1v) is 9.19. The summed E-state index contributed by atoms with van der Waals surface area (Å²) in [5.41, 5.74) is 2.91. The van der Waals surface area contributed by atoms with E-state index in [1.165, 1.54) is 10.4 Å². The molecule has 24 heavy (non-hydrogen) atoms. The Balaban J connectivity index is 1.70. The Morgan fingerprint density at radius 2 is 2.29 bits per heavy atom. The number of fused-ring (bicyclic) bond motifs is 1. The Bertz CT molecular complexity index is 759. The van der Waals surface area contributed by atoms with E-state index in [4.69, 9.17) is 16.3 Å². The van der Waals surface area contributed by atoms with Gasteiger partial charge in [0.1, 0.15) is 5.75 Å². The summed E-state index contributed by atoms with van der Waals surface area (Å²) in [6, 6.07) is 6.00. The van der Waals surface area contributed by atoms with E-state index in [9.17, 15) is 4.79 Å². The number of aryl methyl sites for hydroxylation is 1. The fourth-order valence-electron chi connectivity index (χ4n) is 3.08. The predicted octanol–water partition coefficient (Wildman–Crippen LogP) is 4.28. The summed E-state index contributed by atoms with van der Waals surface area (Å²) in [5.74, 6) is 0.534. The van der Waals surface area contributed by atoms with Gasteiger partial charge >= 0.3 is 0 Å². The molecule has 0 bridgehead atoms. The molecule has 1 amide bonds. The van der Waals surface area contributed by atoms with Crippen LogP contribution in [0.5, 0.6) is 5.75 Å². The number of ether oxygens (including phenoxy) is 1. The second kappa shape index (κ2) is 7.13. The summed E-state index contributed by atoms with van der Waals surface area (Å²) in [4.78, 5) is 16.1. The molecule has 3 rings (SSSR count). The maximum Gasteiger partial charge on any atom is 0.238 e. The Morgan fingerprint density at radius 1 is 1.50 bits per heavy atom. The minimum Gasteiger partial charge on any atom is -0.495 e. The van der Waals surface area contributed by atoms with E-state index in [2.05, 4.69) is 28.6 Å². The second-order valence-electron chi connectivity index (χ2n) is 6.05. The van der Waals surface area contributed by atoms with Gasteiger partial charge in [-0.25, -0.2) is 0 Å². The molecule has 1 aromatic carbocycles. The molecule has 0 unspecified atom stereocenters. The molecular formula is C18H21ClN2O2S. The van der Waals surface area contributed by atoms with Gasteiger partial charge in [0.2, 0.25) is 5.91 Å². The first kappa shape index (κ1) is 17.3. The van der Waals surface area contributed by atoms with E-state index < -0.39 is 0 Å². The third kappa shape index (κ3) is 3.43. The van der Waals surface area contributed by atoms with E-state index in [1.54, 1.807) is 24.5 Å². The van der Waals surface area contributed by atoms with Crippen LogP contribution in [0.1, 0.15) is 29.0 Å². The molecule has 1 aliphatic rings. The molecule has 0 saturated heterocycles. The third-order valence-electron chi connectivity index (χ3n) is 4.51. The van der Waals surface area contributed by atoms with E-state index in [0.717, 1.165) is 18.5 Å². The zero-order valence-corrected chi connectivity index (χ0v) is 15.6. The van der Waals surface area contributed by atoms with Gasteiger partial charge in [-0.3, -0.25) is 9.69 Å². The first-order valence-electron chi connectivity index (χ1n) is 7.94. The molecule has 4 nitrogen and oxygen atoms in total. The van der Waals surface area contributed by atoms with Crippen molar-refractivity contribution in [2.45, 2.75) is 26.3 Å². The number of benzene rings is 1. The van der Waals surface area contributed by atoms with Crippen molar-refractivity contribution in [3.8, 4) is 5.75 Å². The maximum atomic E-state index is 12.5. The molecule has 1 aromatic heterocycles. The molecule has 0 fully saturated rings. The van der Waals surface area contributed by atoms with E-state index >= 15 is 0 Å². The molecule has 1 N–H and O–H groups in total. The number of hydrogen-bond donors (Lipinski definition) is 1. The lowest BCUT2D eigenvalue weighted by Gasteiger charge is -2.33. The van der Waals surface area contributed by atoms with Crippen LogP contribution in [0, 0.1) is 6.92 Å². The smallest absolute Gasteiger partial charge is 0.238 e. The van der Waals surface area contributed by atoms with Crippen molar-refractivity contribution in [1.82, 2.24) is 4.90 Å². The second-order valence-corrected chi connectivity index (χ2v) is 7.45. The van der Waals surface area contributed by atoms with Crippen LogP contribution in [0.15, 0.2) is 23.6 Å². The highest BCUT2D eigenvalue weighted by Crippen LogP contribution is 2.33. The summed E-state index contributed by atoms with van der Waals surface area (Å²) in [6.07, 6.45) is 1.01. The van der Waals surface area contributed by atoms with Gasteiger partial charge < -0.3 is 10.1 Å². The highest BCUT2D eigenvalue weighted by Gasteiger charge is 2.26. The number of carbonyl (C=O) groups excluding carboxylic acids is 1. The Kier molecular flexibility index (Phi) is 5.13. The lowest BCUT2D eigenvalue weighted by atomic mass is 10.0. The fourth-order valence-corrected chi connectivity index (χ4v) is 4.20. The standard InChI is InChI=1S/C18H21ClN2O2S/c1-11-8-15(16(23-3)9-14(11)19)20-18(22)10-21-6-4-17-13(12(21)2)5-7-24-17/h5,7-9,12H,4,6,10H2,1-3H3,(H,20,22)/t12-/m0/s1. The molecular weight excluding hydrogens is 344 g/mol. The normalized spacial score (nSPS) is 17.4. The van der Waals surface area contributed by atoms with Gasteiger partial charge in [0, 0.05) is 28.6 Å². The van der Waals surface area contributed by atoms with Gasteiger partial charge in [-0.15, -0.1) is 11.3 Å². The quantitative estimate of drug-likeness (QED) is 0.880. The van der Waals surface area contributed by atoms with Crippen LogP contribution >= 0.6 is 22.9 Å². The van der Waals surface area contributed by atoms with Gasteiger partial charge in [0.15, 0.2) is 0 Å². The summed E-state index contributed by atoms with van der Waals surface area (Å²) in [5, 5.41) is 5.71. The van der Waals surface area contributed by atoms with Crippen LogP contribution in [0.4, 0.5) is 5.69 Å². The van der Waals surface area contributed by atoms with Crippen LogP contribution in [0.2, 0.25) is 5.02 Å². The van der Waals surface area contributed by atoms with Gasteiger partial charge in [-0.05, 0) is 48.9 Å². The van der Waals surface area contributed by atoms with Crippen LogP contribution in [-0.4, -0.2) is 31.0 Å². The monoisotopic (exact) mass is 364 g/mol. The zero-order valence-electron chi connectivity index (χ0n) is 14.1. The number of nitrogens with one attached hydrogen (secondary N) is 1. The van der Waals surface area contributed by atoms with Crippen molar-refractivity contribution in [2.24, 2.45) is 0 Å². The average molecular weight is 365 g/mol. The molecule has 1 aliphatic heterocycles. The number of thiophene rings is 1. The Labute approximate surface area is 151 Å². The van der Waals surface area contributed by atoms with Crippen molar-refractivity contribution in [2.75, 3.05) is 25.5 Å². The van der Waals surface area contributed by atoms with E-state index in [-0.39, 0.29) is 11.9 Å². The molecule has 1 atom stereocenters. The Morgan fingerprint density at radius 3 is 3.04 bits per heavy atom. The average Bonchev–Trinajstić information content (AvgIpc) is 3.03. The van der Waals surface area contributed by atoms with Crippen LogP contribution < -0.4 is 10.1 Å². The molecule has 6 heteroatoms. The lowest BCUT2D eigenvalue weighted by Crippen LogP contribution is -2.39. The minimum absolute atomic E-state index is 0.0412. The largest absolute Gasteiger partial charge is 0.495 e. The van der Waals surface area contributed by atoms with Crippen LogP contribution in [-0.2, 0) is 11.2 Å². The fraction of sp³-hybridized carbons (Fsp3) is 0.389. The topological polar surface area (TPSA) is 41.6 Å². The number of rotatable bonds is 4. The predicted molar refractivity (Wildman–Crippen MR) is 99.4 cm³/mol. The summed E-state index contributed by atoms with van der Waals surface area (Å²) in [7, 11) is 1.57. The van der Waals surface area contributed by atoms with Gasteiger partial charge in [-0.1, -0.05) is 11.6 Å². The molecule has 2 heterocycles. The molecule has 2 aromatic rings. The number of hydrogen-bond acceptors (Lipinski definition) is 4. The first-order chi connectivity index (χ1) is 11.5. The van der Waals surface area contributed by atoms with Crippen molar-refractivity contribution in [1.29, 1.82) is 0 Å². The summed E-state index contributed by atoms with van der Waals surface area (Å²) >= 11 is 7.92. The van der Waals surface area contributed by atoms with Gasteiger partial charge in [-0.2, -0.15) is 0 Å². The zero-order chi connectivity index (χ0) is 17.3. The maximum absolute atomic E-state index is 12.5. The highest BCUT2D eigenvalue weighted by atomic mass is 35.5. The van der Waals surface area contributed by atoms with E-state index in [1.807, 2.05) is 13.0 Å². The number of amides is 1. The third-order valence-corrected chi connectivity index (χ3v) is 5.91. The molecule has 0 spiro atoms. The molecule has 0 aliphatic carbocycles. The number of nitrogens with zero attached hydrogens (tertiary/aromatic N) is 1. The van der Waals surface area contributed by atoms with Crippen molar-refractivity contribution in [3.05, 3.63) is 44.6 Å².